The van der Waals surface area contributed by atoms with E-state index in [4.69, 9.17) is 11.6 Å². The van der Waals surface area contributed by atoms with Crippen LogP contribution < -0.4 is 9.62 Å². The number of amides is 1. The van der Waals surface area contributed by atoms with Crippen LogP contribution in [0, 0.1) is 12.7 Å². The highest BCUT2D eigenvalue weighted by molar-refractivity contribution is 7.92. The minimum Gasteiger partial charge on any atom is -0.324 e. The molecule has 0 saturated heterocycles. The van der Waals surface area contributed by atoms with E-state index in [0.29, 0.717) is 10.7 Å². The maximum absolute atomic E-state index is 13.3. The largest absolute Gasteiger partial charge is 0.324 e. The van der Waals surface area contributed by atoms with Gasteiger partial charge in [0.15, 0.2) is 0 Å². The average Bonchev–Trinajstić information content (AvgIpc) is 2.70. The number of carbonyl (C=O) groups excluding carboxylic acids is 1. The highest BCUT2D eigenvalue weighted by atomic mass is 35.5. The van der Waals surface area contributed by atoms with Crippen molar-refractivity contribution in [2.24, 2.45) is 0 Å². The third kappa shape index (κ3) is 4.93. The Morgan fingerprint density at radius 2 is 1.69 bits per heavy atom. The van der Waals surface area contributed by atoms with Crippen LogP contribution in [-0.2, 0) is 14.8 Å². The normalized spacial score (nSPS) is 11.1. The lowest BCUT2D eigenvalue weighted by atomic mass is 10.2. The number of nitrogens with one attached hydrogen (secondary N) is 1. The highest BCUT2D eigenvalue weighted by Crippen LogP contribution is 2.25. The summed E-state index contributed by atoms with van der Waals surface area (Å²) in [7, 11) is -4.05. The van der Waals surface area contributed by atoms with Gasteiger partial charge in [0.1, 0.15) is 12.4 Å². The average molecular weight is 433 g/mol. The van der Waals surface area contributed by atoms with Gasteiger partial charge in [-0.15, -0.1) is 0 Å². The van der Waals surface area contributed by atoms with Gasteiger partial charge in [0.25, 0.3) is 10.0 Å². The molecule has 0 heterocycles. The predicted molar refractivity (Wildman–Crippen MR) is 112 cm³/mol. The second kappa shape index (κ2) is 8.63. The minimum absolute atomic E-state index is 0.0241. The molecule has 3 aromatic rings. The number of nitrogens with zero attached hydrogens (tertiary/aromatic N) is 1. The molecule has 0 radical (unpaired) electrons. The fourth-order valence-corrected chi connectivity index (χ4v) is 4.31. The molecular formula is C21H18ClFN2O3S. The molecule has 3 aromatic carbocycles. The molecule has 0 aromatic heterocycles. The predicted octanol–water partition coefficient (Wildman–Crippen LogP) is 4.62. The first kappa shape index (κ1) is 20.8. The van der Waals surface area contributed by atoms with E-state index in [-0.39, 0.29) is 10.6 Å². The number of hydrogen-bond acceptors (Lipinski definition) is 3. The molecule has 0 saturated carbocycles. The Balaban J connectivity index is 1.94. The Labute approximate surface area is 173 Å². The van der Waals surface area contributed by atoms with Crippen molar-refractivity contribution in [2.45, 2.75) is 11.8 Å². The van der Waals surface area contributed by atoms with E-state index in [0.717, 1.165) is 22.0 Å². The quantitative estimate of drug-likeness (QED) is 0.618. The monoisotopic (exact) mass is 432 g/mol. The molecule has 0 bridgehead atoms. The summed E-state index contributed by atoms with van der Waals surface area (Å²) in [5.74, 6) is -1.07. The summed E-state index contributed by atoms with van der Waals surface area (Å²) in [5.41, 5.74) is 1.44. The lowest BCUT2D eigenvalue weighted by Crippen LogP contribution is -2.38. The molecule has 5 nitrogen and oxygen atoms in total. The number of benzene rings is 3. The van der Waals surface area contributed by atoms with Crippen molar-refractivity contribution in [2.75, 3.05) is 16.2 Å². The van der Waals surface area contributed by atoms with Crippen molar-refractivity contribution < 1.29 is 17.6 Å². The van der Waals surface area contributed by atoms with E-state index in [1.807, 2.05) is 0 Å². The van der Waals surface area contributed by atoms with Gasteiger partial charge in [0, 0.05) is 10.7 Å². The van der Waals surface area contributed by atoms with Crippen LogP contribution in [0.2, 0.25) is 5.02 Å². The van der Waals surface area contributed by atoms with Crippen LogP contribution in [-0.4, -0.2) is 20.9 Å². The van der Waals surface area contributed by atoms with Crippen molar-refractivity contribution in [1.82, 2.24) is 0 Å². The second-order valence-corrected chi connectivity index (χ2v) is 8.61. The molecule has 0 atom stereocenters. The summed E-state index contributed by atoms with van der Waals surface area (Å²) in [4.78, 5) is 12.7. The van der Waals surface area contributed by atoms with Gasteiger partial charge in [0.2, 0.25) is 5.91 Å². The molecular weight excluding hydrogens is 415 g/mol. The maximum atomic E-state index is 13.3. The van der Waals surface area contributed by atoms with E-state index in [9.17, 15) is 17.6 Å². The Kier molecular flexibility index (Phi) is 6.20. The topological polar surface area (TPSA) is 66.5 Å². The summed E-state index contributed by atoms with van der Waals surface area (Å²) < 4.78 is 40.6. The molecule has 8 heteroatoms. The van der Waals surface area contributed by atoms with Crippen molar-refractivity contribution in [3.63, 3.8) is 0 Å². The second-order valence-electron chi connectivity index (χ2n) is 6.31. The number of aryl methyl sites for hydroxylation is 1. The lowest BCUT2D eigenvalue weighted by molar-refractivity contribution is -0.114. The molecule has 150 valence electrons. The molecule has 3 rings (SSSR count). The zero-order valence-electron chi connectivity index (χ0n) is 15.5. The van der Waals surface area contributed by atoms with Crippen LogP contribution in [0.25, 0.3) is 0 Å². The first-order valence-electron chi connectivity index (χ1n) is 8.67. The Morgan fingerprint density at radius 1 is 1.03 bits per heavy atom. The first-order chi connectivity index (χ1) is 13.8. The van der Waals surface area contributed by atoms with Crippen LogP contribution in [0.15, 0.2) is 77.7 Å². The lowest BCUT2D eigenvalue weighted by Gasteiger charge is -2.24. The summed E-state index contributed by atoms with van der Waals surface area (Å²) in [6.07, 6.45) is 0. The molecule has 0 aliphatic carbocycles. The van der Waals surface area contributed by atoms with E-state index in [2.05, 4.69) is 5.32 Å². The SMILES string of the molecule is Cc1ccc(Cl)cc1NC(=O)CN(c1ccc(F)cc1)S(=O)(=O)c1ccccc1. The van der Waals surface area contributed by atoms with Crippen LogP contribution in [0.4, 0.5) is 15.8 Å². The van der Waals surface area contributed by atoms with Gasteiger partial charge < -0.3 is 5.32 Å². The van der Waals surface area contributed by atoms with Gasteiger partial charge >= 0.3 is 0 Å². The van der Waals surface area contributed by atoms with Crippen molar-refractivity contribution in [1.29, 1.82) is 0 Å². The fraction of sp³-hybridized carbons (Fsp3) is 0.0952. The number of halogens is 2. The number of rotatable bonds is 6. The van der Waals surface area contributed by atoms with Gasteiger partial charge in [-0.05, 0) is 61.0 Å². The van der Waals surface area contributed by atoms with E-state index in [1.54, 1.807) is 43.3 Å². The van der Waals surface area contributed by atoms with Gasteiger partial charge in [0.05, 0.1) is 10.6 Å². The number of hydrogen-bond donors (Lipinski definition) is 1. The molecule has 0 fully saturated rings. The van der Waals surface area contributed by atoms with Crippen LogP contribution in [0.3, 0.4) is 0 Å². The van der Waals surface area contributed by atoms with Crippen LogP contribution in [0.5, 0.6) is 0 Å². The number of anilines is 2. The van der Waals surface area contributed by atoms with Gasteiger partial charge in [-0.3, -0.25) is 9.10 Å². The standard InChI is InChI=1S/C21H18ClFN2O3S/c1-15-7-8-16(22)13-20(15)24-21(26)14-25(18-11-9-17(23)10-12-18)29(27,28)19-5-3-2-4-6-19/h2-13H,14H2,1H3,(H,24,26). The first-order valence-corrected chi connectivity index (χ1v) is 10.5. The Bertz CT molecular complexity index is 1120. The van der Waals surface area contributed by atoms with Crippen LogP contribution in [0.1, 0.15) is 5.56 Å². The summed E-state index contributed by atoms with van der Waals surface area (Å²) in [6.45, 7) is 1.30. The van der Waals surface area contributed by atoms with Crippen LogP contribution >= 0.6 is 11.6 Å². The third-order valence-electron chi connectivity index (χ3n) is 4.21. The third-order valence-corrected chi connectivity index (χ3v) is 6.23. The molecule has 1 amide bonds. The Hall–Kier alpha value is -2.90. The van der Waals surface area contributed by atoms with E-state index >= 15 is 0 Å². The zero-order chi connectivity index (χ0) is 21.0. The molecule has 0 unspecified atom stereocenters. The van der Waals surface area contributed by atoms with Gasteiger partial charge in [-0.1, -0.05) is 35.9 Å². The highest BCUT2D eigenvalue weighted by Gasteiger charge is 2.27. The molecule has 0 aliphatic rings. The fourth-order valence-electron chi connectivity index (χ4n) is 2.69. The van der Waals surface area contributed by atoms with Gasteiger partial charge in [-0.25, -0.2) is 12.8 Å². The molecule has 1 N–H and O–H groups in total. The van der Waals surface area contributed by atoms with Crippen molar-refractivity contribution in [3.05, 3.63) is 89.2 Å². The molecule has 0 spiro atoms. The van der Waals surface area contributed by atoms with Crippen molar-refractivity contribution in [3.8, 4) is 0 Å². The minimum atomic E-state index is -4.05. The molecule has 0 aliphatic heterocycles. The summed E-state index contributed by atoms with van der Waals surface area (Å²) in [6, 6.07) is 17.7. The number of carbonyl (C=O) groups is 1. The van der Waals surface area contributed by atoms with E-state index < -0.39 is 28.3 Å². The maximum Gasteiger partial charge on any atom is 0.264 e. The summed E-state index contributed by atoms with van der Waals surface area (Å²) >= 11 is 5.98. The van der Waals surface area contributed by atoms with Gasteiger partial charge in [-0.2, -0.15) is 0 Å². The van der Waals surface area contributed by atoms with E-state index in [1.165, 1.54) is 24.3 Å². The smallest absolute Gasteiger partial charge is 0.264 e. The summed E-state index contributed by atoms with van der Waals surface area (Å²) in [5, 5.41) is 3.13. The number of sulfonamides is 1. The molecule has 29 heavy (non-hydrogen) atoms. The zero-order valence-corrected chi connectivity index (χ0v) is 17.0. The Morgan fingerprint density at radius 3 is 2.34 bits per heavy atom. The van der Waals surface area contributed by atoms with Crippen molar-refractivity contribution >= 4 is 38.9 Å².